The molecule has 25 heavy (non-hydrogen) atoms. The minimum absolute atomic E-state index is 0. The Balaban J connectivity index is 0.00000182. The van der Waals surface area contributed by atoms with Crippen LogP contribution in [0.1, 0.15) is 39.8 Å². The molecule has 4 rings (SSSR count). The van der Waals surface area contributed by atoms with Gasteiger partial charge in [0.1, 0.15) is 0 Å². The van der Waals surface area contributed by atoms with E-state index in [0.717, 1.165) is 34.3 Å². The van der Waals surface area contributed by atoms with Crippen LogP contribution in [0.4, 0.5) is 0 Å². The van der Waals surface area contributed by atoms with E-state index in [1.807, 2.05) is 35.8 Å². The topological polar surface area (TPSA) is 55.1 Å². The first-order chi connectivity index (χ1) is 11.6. The molecule has 3 heterocycles. The molecule has 0 amide bonds. The zero-order chi connectivity index (χ0) is 16.8. The number of benzene rings is 1. The molecular formula is C20H21ClN2O2. The summed E-state index contributed by atoms with van der Waals surface area (Å²) >= 11 is 0. The number of carbonyl (C=O) groups excluding carboxylic acids is 1. The van der Waals surface area contributed by atoms with Crippen LogP contribution in [0, 0.1) is 19.8 Å². The molecule has 1 N–H and O–H groups in total. The van der Waals surface area contributed by atoms with Gasteiger partial charge in [-0.3, -0.25) is 14.3 Å². The number of aromatic nitrogens is 2. The largest absolute Gasteiger partial charge is 0.388 e. The number of aliphatic hydroxyl groups is 1. The first-order valence-corrected chi connectivity index (χ1v) is 8.32. The summed E-state index contributed by atoms with van der Waals surface area (Å²) < 4.78 is 1.81. The van der Waals surface area contributed by atoms with Crippen LogP contribution in [-0.2, 0) is 6.42 Å². The number of nitrogens with zero attached hydrogens (tertiary/aromatic N) is 2. The average molecular weight is 357 g/mol. The summed E-state index contributed by atoms with van der Waals surface area (Å²) in [6.45, 7) is 3.94. The van der Waals surface area contributed by atoms with E-state index in [0.29, 0.717) is 6.42 Å². The van der Waals surface area contributed by atoms with Crippen LogP contribution < -0.4 is 0 Å². The van der Waals surface area contributed by atoms with Gasteiger partial charge in [-0.25, -0.2) is 0 Å². The van der Waals surface area contributed by atoms with Crippen molar-refractivity contribution in [3.05, 3.63) is 65.1 Å². The van der Waals surface area contributed by atoms with Crippen molar-refractivity contribution in [2.45, 2.75) is 32.8 Å². The quantitative estimate of drug-likeness (QED) is 0.754. The minimum atomic E-state index is -0.819. The molecule has 2 aromatic heterocycles. The number of rotatable bonds is 2. The molecule has 0 saturated carbocycles. The highest BCUT2D eigenvalue weighted by atomic mass is 35.5. The highest BCUT2D eigenvalue weighted by Crippen LogP contribution is 2.37. The molecule has 3 aromatic rings. The summed E-state index contributed by atoms with van der Waals surface area (Å²) in [4.78, 5) is 17.4. The number of aryl methyl sites for hydroxylation is 2. The third kappa shape index (κ3) is 2.66. The summed E-state index contributed by atoms with van der Waals surface area (Å²) in [5.41, 5.74) is 4.71. The van der Waals surface area contributed by atoms with E-state index >= 15 is 0 Å². The van der Waals surface area contributed by atoms with Crippen molar-refractivity contribution in [2.75, 3.05) is 0 Å². The lowest BCUT2D eigenvalue weighted by Crippen LogP contribution is -2.33. The van der Waals surface area contributed by atoms with Crippen LogP contribution in [-0.4, -0.2) is 20.6 Å². The van der Waals surface area contributed by atoms with Crippen molar-refractivity contribution in [2.24, 2.45) is 5.92 Å². The fraction of sp³-hybridized carbons (Fsp3) is 0.300. The van der Waals surface area contributed by atoms with Crippen LogP contribution in [0.2, 0.25) is 0 Å². The second-order valence-corrected chi connectivity index (χ2v) is 6.53. The Labute approximate surface area is 152 Å². The molecule has 0 spiro atoms. The van der Waals surface area contributed by atoms with Gasteiger partial charge < -0.3 is 5.11 Å². The Morgan fingerprint density at radius 3 is 2.72 bits per heavy atom. The van der Waals surface area contributed by atoms with E-state index in [-0.39, 0.29) is 18.3 Å². The van der Waals surface area contributed by atoms with Crippen LogP contribution in [0.5, 0.6) is 0 Å². The van der Waals surface area contributed by atoms with Gasteiger partial charge in [-0.05, 0) is 44.4 Å². The van der Waals surface area contributed by atoms with Crippen molar-refractivity contribution in [1.82, 2.24) is 9.55 Å². The maximum Gasteiger partial charge on any atom is 0.237 e. The highest BCUT2D eigenvalue weighted by molar-refractivity contribution is 5.97. The Hall–Kier alpha value is -2.17. The molecular weight excluding hydrogens is 336 g/mol. The molecule has 1 aliphatic heterocycles. The normalized spacial score (nSPS) is 17.9. The number of fused-ring (bicyclic) bond motifs is 3. The van der Waals surface area contributed by atoms with Crippen molar-refractivity contribution >= 4 is 29.2 Å². The van der Waals surface area contributed by atoms with Gasteiger partial charge in [0.05, 0.1) is 17.5 Å². The second-order valence-electron chi connectivity index (χ2n) is 6.53. The number of hydrogen-bond acceptors (Lipinski definition) is 3. The number of hydrogen-bond donors (Lipinski definition) is 1. The molecule has 0 fully saturated rings. The number of halogens is 1. The fourth-order valence-corrected chi connectivity index (χ4v) is 3.91. The Kier molecular flexibility index (Phi) is 4.67. The van der Waals surface area contributed by atoms with E-state index in [1.54, 1.807) is 12.3 Å². The van der Waals surface area contributed by atoms with Crippen molar-refractivity contribution < 1.29 is 9.90 Å². The maximum absolute atomic E-state index is 13.2. The minimum Gasteiger partial charge on any atom is -0.388 e. The van der Waals surface area contributed by atoms with Gasteiger partial charge >= 0.3 is 0 Å². The first-order valence-electron chi connectivity index (χ1n) is 8.32. The van der Waals surface area contributed by atoms with Crippen LogP contribution >= 0.6 is 12.4 Å². The molecule has 2 atom stereocenters. The molecule has 2 unspecified atom stereocenters. The number of pyridine rings is 1. The summed E-state index contributed by atoms with van der Waals surface area (Å²) in [6.07, 6.45) is 2.34. The van der Waals surface area contributed by atoms with Crippen LogP contribution in [0.3, 0.4) is 0 Å². The average Bonchev–Trinajstić information content (AvgIpc) is 2.89. The zero-order valence-corrected chi connectivity index (χ0v) is 15.1. The third-order valence-electron chi connectivity index (χ3n) is 5.23. The first kappa shape index (κ1) is 17.6. The predicted octanol–water partition coefficient (Wildman–Crippen LogP) is 4.01. The van der Waals surface area contributed by atoms with Gasteiger partial charge in [0.2, 0.25) is 5.91 Å². The van der Waals surface area contributed by atoms with Gasteiger partial charge in [0.15, 0.2) is 0 Å². The van der Waals surface area contributed by atoms with Crippen LogP contribution in [0.25, 0.3) is 10.9 Å². The van der Waals surface area contributed by atoms with E-state index in [9.17, 15) is 9.90 Å². The van der Waals surface area contributed by atoms with E-state index in [1.165, 1.54) is 5.56 Å². The molecule has 1 aliphatic rings. The summed E-state index contributed by atoms with van der Waals surface area (Å²) in [5, 5.41) is 11.9. The van der Waals surface area contributed by atoms with Crippen molar-refractivity contribution in [3.8, 4) is 0 Å². The molecule has 5 heteroatoms. The lowest BCUT2D eigenvalue weighted by molar-refractivity contribution is 0.0540. The van der Waals surface area contributed by atoms with E-state index < -0.39 is 12.0 Å². The molecule has 130 valence electrons. The van der Waals surface area contributed by atoms with Gasteiger partial charge in [-0.2, -0.15) is 0 Å². The predicted molar refractivity (Wildman–Crippen MR) is 100 cm³/mol. The number of carbonyl (C=O) groups is 1. The summed E-state index contributed by atoms with van der Waals surface area (Å²) in [6, 6.07) is 11.6. The second kappa shape index (κ2) is 6.62. The molecule has 4 nitrogen and oxygen atoms in total. The standard InChI is InChI=1S/C20H20N2O2.ClH/c1-12-14-6-3-4-8-18(14)22-17(12)10-9-16(20(22)24)19(23)15-7-5-11-21-13(15)2;/h3-8,11,16,19,23H,9-10H2,1-2H3;1H. The molecule has 1 aromatic carbocycles. The molecule has 0 radical (unpaired) electrons. The van der Waals surface area contributed by atoms with Gasteiger partial charge in [0, 0.05) is 28.5 Å². The highest BCUT2D eigenvalue weighted by Gasteiger charge is 2.36. The van der Waals surface area contributed by atoms with E-state index in [4.69, 9.17) is 0 Å². The van der Waals surface area contributed by atoms with Crippen LogP contribution in [0.15, 0.2) is 42.6 Å². The van der Waals surface area contributed by atoms with Crippen molar-refractivity contribution in [3.63, 3.8) is 0 Å². The fourth-order valence-electron chi connectivity index (χ4n) is 3.91. The lowest BCUT2D eigenvalue weighted by atomic mass is 9.87. The smallest absolute Gasteiger partial charge is 0.237 e. The van der Waals surface area contributed by atoms with Gasteiger partial charge in [-0.15, -0.1) is 12.4 Å². The van der Waals surface area contributed by atoms with Gasteiger partial charge in [-0.1, -0.05) is 24.3 Å². The SMILES string of the molecule is Cc1ncccc1C(O)C1CCc2c(C)c3ccccc3n2C1=O.Cl. The lowest BCUT2D eigenvalue weighted by Gasteiger charge is -2.28. The monoisotopic (exact) mass is 356 g/mol. The zero-order valence-electron chi connectivity index (χ0n) is 14.3. The Morgan fingerprint density at radius 1 is 1.20 bits per heavy atom. The molecule has 0 bridgehead atoms. The summed E-state index contributed by atoms with van der Waals surface area (Å²) in [5.74, 6) is -0.452. The Bertz CT molecular complexity index is 948. The third-order valence-corrected chi connectivity index (χ3v) is 5.23. The Morgan fingerprint density at radius 2 is 1.96 bits per heavy atom. The van der Waals surface area contributed by atoms with Crippen molar-refractivity contribution in [1.29, 1.82) is 0 Å². The molecule has 0 aliphatic carbocycles. The summed E-state index contributed by atoms with van der Waals surface area (Å²) in [7, 11) is 0. The number of para-hydroxylation sites is 1. The maximum atomic E-state index is 13.2. The number of aliphatic hydroxyl groups excluding tert-OH is 1. The van der Waals surface area contributed by atoms with E-state index in [2.05, 4.69) is 18.0 Å². The van der Waals surface area contributed by atoms with Gasteiger partial charge in [0.25, 0.3) is 0 Å². The molecule has 0 saturated heterocycles.